The van der Waals surface area contributed by atoms with Crippen LogP contribution in [0.15, 0.2) is 58.3 Å². The molecule has 2 aromatic carbocycles. The zero-order valence-electron chi connectivity index (χ0n) is 14.6. The van der Waals surface area contributed by atoms with Crippen LogP contribution in [0, 0.1) is 0 Å². The summed E-state index contributed by atoms with van der Waals surface area (Å²) in [4.78, 5) is 13.7. The van der Waals surface area contributed by atoms with E-state index in [4.69, 9.17) is 0 Å². The Morgan fingerprint density at radius 3 is 2.15 bits per heavy atom. The van der Waals surface area contributed by atoms with Gasteiger partial charge >= 0.3 is 0 Å². The van der Waals surface area contributed by atoms with E-state index in [2.05, 4.69) is 5.32 Å². The lowest BCUT2D eigenvalue weighted by Gasteiger charge is -2.25. The summed E-state index contributed by atoms with van der Waals surface area (Å²) in [5, 5.41) is 2.82. The van der Waals surface area contributed by atoms with Gasteiger partial charge in [-0.15, -0.1) is 11.8 Å². The number of rotatable bonds is 5. The molecular weight excluding hydrogens is 368 g/mol. The van der Waals surface area contributed by atoms with Crippen molar-refractivity contribution >= 4 is 33.4 Å². The fourth-order valence-electron chi connectivity index (χ4n) is 2.91. The van der Waals surface area contributed by atoms with Gasteiger partial charge in [0.2, 0.25) is 10.0 Å². The third-order valence-electron chi connectivity index (χ3n) is 4.42. The fraction of sp³-hybridized carbons (Fsp3) is 0.316. The molecule has 0 aromatic heterocycles. The first-order valence-electron chi connectivity index (χ1n) is 8.56. The number of carbonyl (C=O) groups excluding carboxylic acids is 1. The first-order valence-corrected chi connectivity index (χ1v) is 11.2. The summed E-state index contributed by atoms with van der Waals surface area (Å²) in [6.45, 7) is 1.13. The lowest BCUT2D eigenvalue weighted by molar-refractivity contribution is 0.102. The first-order chi connectivity index (χ1) is 12.5. The standard InChI is InChI=1S/C19H22N2O3S2/c1-25-17-9-7-16(8-10-17)20-19(22)15-5-11-18(12-6-15)26(23,24)21-13-3-2-4-14-21/h5-12H,2-4,13-14H2,1H3,(H,20,22). The van der Waals surface area contributed by atoms with Crippen LogP contribution in [0.1, 0.15) is 29.6 Å². The Morgan fingerprint density at radius 1 is 0.962 bits per heavy atom. The van der Waals surface area contributed by atoms with Gasteiger partial charge in [-0.3, -0.25) is 4.79 Å². The Balaban J connectivity index is 1.70. The smallest absolute Gasteiger partial charge is 0.255 e. The monoisotopic (exact) mass is 390 g/mol. The van der Waals surface area contributed by atoms with Gasteiger partial charge < -0.3 is 5.32 Å². The molecule has 5 nitrogen and oxygen atoms in total. The van der Waals surface area contributed by atoms with Crippen LogP contribution in [0.4, 0.5) is 5.69 Å². The van der Waals surface area contributed by atoms with Crippen LogP contribution in [-0.2, 0) is 10.0 Å². The SMILES string of the molecule is CSc1ccc(NC(=O)c2ccc(S(=O)(=O)N3CCCCC3)cc2)cc1. The topological polar surface area (TPSA) is 66.5 Å². The molecule has 0 unspecified atom stereocenters. The van der Waals surface area contributed by atoms with Crippen LogP contribution < -0.4 is 5.32 Å². The Morgan fingerprint density at radius 2 is 1.58 bits per heavy atom. The molecule has 26 heavy (non-hydrogen) atoms. The first kappa shape index (κ1) is 18.9. The van der Waals surface area contributed by atoms with Crippen molar-refractivity contribution < 1.29 is 13.2 Å². The summed E-state index contributed by atoms with van der Waals surface area (Å²) in [7, 11) is -3.47. The third kappa shape index (κ3) is 4.28. The summed E-state index contributed by atoms with van der Waals surface area (Å²) >= 11 is 1.63. The molecule has 0 atom stereocenters. The van der Waals surface area contributed by atoms with Gasteiger partial charge in [-0.25, -0.2) is 8.42 Å². The number of nitrogens with one attached hydrogen (secondary N) is 1. The molecule has 2 aromatic rings. The van der Waals surface area contributed by atoms with Crippen LogP contribution in [0.25, 0.3) is 0 Å². The van der Waals surface area contributed by atoms with Crippen molar-refractivity contribution in [3.8, 4) is 0 Å². The minimum Gasteiger partial charge on any atom is -0.322 e. The number of benzene rings is 2. The van der Waals surface area contributed by atoms with Crippen molar-refractivity contribution in [2.45, 2.75) is 29.1 Å². The molecule has 0 aliphatic carbocycles. The van der Waals surface area contributed by atoms with Crippen molar-refractivity contribution in [2.75, 3.05) is 24.7 Å². The molecule has 1 saturated heterocycles. The van der Waals surface area contributed by atoms with Crippen molar-refractivity contribution in [3.63, 3.8) is 0 Å². The summed E-state index contributed by atoms with van der Waals surface area (Å²) in [6.07, 6.45) is 4.86. The van der Waals surface area contributed by atoms with E-state index in [1.165, 1.54) is 16.4 Å². The van der Waals surface area contributed by atoms with Crippen molar-refractivity contribution in [1.82, 2.24) is 4.31 Å². The molecule has 138 valence electrons. The van der Waals surface area contributed by atoms with Gasteiger partial charge in [0.15, 0.2) is 0 Å². The van der Waals surface area contributed by atoms with E-state index in [-0.39, 0.29) is 10.8 Å². The molecule has 1 N–H and O–H groups in total. The maximum Gasteiger partial charge on any atom is 0.255 e. The zero-order valence-corrected chi connectivity index (χ0v) is 16.3. The van der Waals surface area contributed by atoms with E-state index in [9.17, 15) is 13.2 Å². The summed E-state index contributed by atoms with van der Waals surface area (Å²) < 4.78 is 26.8. The lowest BCUT2D eigenvalue weighted by Crippen LogP contribution is -2.35. The number of thioether (sulfide) groups is 1. The third-order valence-corrected chi connectivity index (χ3v) is 7.07. The fourth-order valence-corrected chi connectivity index (χ4v) is 4.84. The highest BCUT2D eigenvalue weighted by molar-refractivity contribution is 7.98. The van der Waals surface area contributed by atoms with Gasteiger partial charge in [-0.2, -0.15) is 4.31 Å². The molecular formula is C19H22N2O3S2. The number of nitrogens with zero attached hydrogens (tertiary/aromatic N) is 1. The highest BCUT2D eigenvalue weighted by Gasteiger charge is 2.25. The minimum atomic E-state index is -3.47. The number of piperidine rings is 1. The maximum atomic E-state index is 12.6. The van der Waals surface area contributed by atoms with Gasteiger partial charge in [-0.1, -0.05) is 6.42 Å². The number of carbonyl (C=O) groups is 1. The normalized spacial score (nSPS) is 15.6. The molecule has 7 heteroatoms. The Kier molecular flexibility index (Phi) is 6.01. The minimum absolute atomic E-state index is 0.236. The van der Waals surface area contributed by atoms with E-state index in [1.807, 2.05) is 30.5 Å². The molecule has 0 spiro atoms. The average Bonchev–Trinajstić information content (AvgIpc) is 2.69. The predicted molar refractivity (Wildman–Crippen MR) is 105 cm³/mol. The van der Waals surface area contributed by atoms with Gasteiger partial charge in [-0.05, 0) is 67.6 Å². The number of amides is 1. The zero-order chi connectivity index (χ0) is 18.6. The van der Waals surface area contributed by atoms with E-state index >= 15 is 0 Å². The van der Waals surface area contributed by atoms with Crippen molar-refractivity contribution in [2.24, 2.45) is 0 Å². The largest absolute Gasteiger partial charge is 0.322 e. The Labute approximate surface area is 158 Å². The van der Waals surface area contributed by atoms with Crippen LogP contribution >= 0.6 is 11.8 Å². The summed E-state index contributed by atoms with van der Waals surface area (Å²) in [5.74, 6) is -0.260. The number of hydrogen-bond acceptors (Lipinski definition) is 4. The highest BCUT2D eigenvalue weighted by Crippen LogP contribution is 2.22. The second-order valence-electron chi connectivity index (χ2n) is 6.17. The van der Waals surface area contributed by atoms with E-state index in [1.54, 1.807) is 23.9 Å². The molecule has 3 rings (SSSR count). The van der Waals surface area contributed by atoms with Crippen LogP contribution in [0.5, 0.6) is 0 Å². The van der Waals surface area contributed by atoms with Crippen LogP contribution in [-0.4, -0.2) is 38.0 Å². The predicted octanol–water partition coefficient (Wildman–Crippen LogP) is 3.84. The molecule has 1 heterocycles. The van der Waals surface area contributed by atoms with Gasteiger partial charge in [0.1, 0.15) is 0 Å². The van der Waals surface area contributed by atoms with E-state index < -0.39 is 10.0 Å². The van der Waals surface area contributed by atoms with Gasteiger partial charge in [0, 0.05) is 29.2 Å². The van der Waals surface area contributed by atoms with Crippen molar-refractivity contribution in [1.29, 1.82) is 0 Å². The molecule has 1 fully saturated rings. The van der Waals surface area contributed by atoms with Crippen molar-refractivity contribution in [3.05, 3.63) is 54.1 Å². The number of hydrogen-bond donors (Lipinski definition) is 1. The molecule has 0 bridgehead atoms. The molecule has 1 aliphatic rings. The number of anilines is 1. The van der Waals surface area contributed by atoms with Gasteiger partial charge in [0.05, 0.1) is 4.90 Å². The van der Waals surface area contributed by atoms with Gasteiger partial charge in [0.25, 0.3) is 5.91 Å². The second-order valence-corrected chi connectivity index (χ2v) is 8.99. The lowest BCUT2D eigenvalue weighted by atomic mass is 10.2. The van der Waals surface area contributed by atoms with Crippen LogP contribution in [0.3, 0.4) is 0 Å². The van der Waals surface area contributed by atoms with E-state index in [0.29, 0.717) is 24.3 Å². The van der Waals surface area contributed by atoms with Crippen LogP contribution in [0.2, 0.25) is 0 Å². The number of sulfonamides is 1. The molecule has 1 aliphatic heterocycles. The Bertz CT molecular complexity index is 857. The Hall–Kier alpha value is -1.83. The quantitative estimate of drug-likeness (QED) is 0.788. The highest BCUT2D eigenvalue weighted by atomic mass is 32.2. The average molecular weight is 391 g/mol. The molecule has 0 saturated carbocycles. The molecule has 0 radical (unpaired) electrons. The molecule has 1 amide bonds. The maximum absolute atomic E-state index is 12.6. The van der Waals surface area contributed by atoms with E-state index in [0.717, 1.165) is 24.2 Å². The summed E-state index contributed by atoms with van der Waals surface area (Å²) in [6, 6.07) is 13.7. The second kappa shape index (κ2) is 8.24. The summed E-state index contributed by atoms with van der Waals surface area (Å²) in [5.41, 5.74) is 1.13.